The van der Waals surface area contributed by atoms with Crippen molar-refractivity contribution < 1.29 is 9.53 Å². The number of para-hydroxylation sites is 1. The van der Waals surface area contributed by atoms with E-state index < -0.39 is 0 Å². The summed E-state index contributed by atoms with van der Waals surface area (Å²) < 4.78 is 3.86. The Morgan fingerprint density at radius 1 is 1.23 bits per heavy atom. The Kier molecular flexibility index (Phi) is 6.32. The molecule has 0 spiro atoms. The number of hydrogen-bond acceptors (Lipinski definition) is 3. The van der Waals surface area contributed by atoms with Crippen LogP contribution in [-0.2, 0) is 9.53 Å². The molecule has 1 aromatic rings. The summed E-state index contributed by atoms with van der Waals surface area (Å²) in [5.41, 5.74) is 1.25. The number of benzene rings is 1. The van der Waals surface area contributed by atoms with E-state index in [1.54, 1.807) is 0 Å². The van der Waals surface area contributed by atoms with Crippen molar-refractivity contribution in [1.29, 1.82) is 0 Å². The first-order chi connectivity index (χ1) is 6.22. The van der Waals surface area contributed by atoms with Crippen LogP contribution in [0.15, 0.2) is 30.3 Å². The van der Waals surface area contributed by atoms with Crippen LogP contribution >= 0.6 is 0 Å². The molecule has 72 valence electrons. The summed E-state index contributed by atoms with van der Waals surface area (Å²) in [5.74, 6) is 0. The van der Waals surface area contributed by atoms with Gasteiger partial charge in [0.2, 0.25) is 0 Å². The van der Waals surface area contributed by atoms with Crippen LogP contribution in [-0.4, -0.2) is 27.7 Å². The van der Waals surface area contributed by atoms with Crippen molar-refractivity contribution in [3.63, 3.8) is 0 Å². The first-order valence-electron chi connectivity index (χ1n) is 3.91. The Hall–Kier alpha value is -1.51. The van der Waals surface area contributed by atoms with Gasteiger partial charge in [-0.2, -0.15) is 0 Å². The van der Waals surface area contributed by atoms with E-state index in [4.69, 9.17) is 4.79 Å². The quantitative estimate of drug-likeness (QED) is 0.648. The minimum atomic E-state index is 0.375. The van der Waals surface area contributed by atoms with Crippen LogP contribution in [0, 0.1) is 0 Å². The second kappa shape index (κ2) is 7.16. The van der Waals surface area contributed by atoms with E-state index in [1.807, 2.05) is 32.3 Å². The topological polar surface area (TPSA) is 29.5 Å². The largest absolute Gasteiger partial charge is 0.471 e. The Morgan fingerprint density at radius 2 is 1.69 bits per heavy atom. The number of methoxy groups -OCH3 is 1. The lowest BCUT2D eigenvalue weighted by molar-refractivity contribution is -0.126. The summed E-state index contributed by atoms with van der Waals surface area (Å²) in [6.07, 6.45) is 0. The molecular weight excluding hydrogens is 166 g/mol. The van der Waals surface area contributed by atoms with Crippen molar-refractivity contribution in [2.24, 2.45) is 0 Å². The Morgan fingerprint density at radius 3 is 1.92 bits per heavy atom. The lowest BCUT2D eigenvalue weighted by atomic mass is 10.3. The van der Waals surface area contributed by atoms with Gasteiger partial charge in [0.1, 0.15) is 0 Å². The van der Waals surface area contributed by atoms with Crippen LogP contribution in [0.25, 0.3) is 0 Å². The molecule has 0 saturated carbocycles. The molecule has 3 heteroatoms. The van der Waals surface area contributed by atoms with Crippen molar-refractivity contribution in [3.05, 3.63) is 30.3 Å². The van der Waals surface area contributed by atoms with E-state index in [1.165, 1.54) is 12.8 Å². The van der Waals surface area contributed by atoms with E-state index in [0.29, 0.717) is 6.47 Å². The van der Waals surface area contributed by atoms with Gasteiger partial charge in [0.25, 0.3) is 6.47 Å². The molecule has 0 aliphatic rings. The third-order valence-electron chi connectivity index (χ3n) is 1.37. The normalized spacial score (nSPS) is 7.92. The average Bonchev–Trinajstić information content (AvgIpc) is 2.19. The second-order valence-corrected chi connectivity index (χ2v) is 2.56. The molecule has 0 aliphatic heterocycles. The summed E-state index contributed by atoms with van der Waals surface area (Å²) in [5, 5.41) is 0. The summed E-state index contributed by atoms with van der Waals surface area (Å²) in [7, 11) is 5.39. The fraction of sp³-hybridized carbons (Fsp3) is 0.300. The van der Waals surface area contributed by atoms with Gasteiger partial charge in [-0.3, -0.25) is 4.79 Å². The highest BCUT2D eigenvalue weighted by atomic mass is 16.5. The molecule has 0 atom stereocenters. The summed E-state index contributed by atoms with van der Waals surface area (Å²) in [6, 6.07) is 10.3. The number of carbonyl (C=O) groups is 1. The molecule has 3 nitrogen and oxygen atoms in total. The van der Waals surface area contributed by atoms with Crippen LogP contribution in [0.3, 0.4) is 0 Å². The Bertz CT molecular complexity index is 222. The highest BCUT2D eigenvalue weighted by Crippen LogP contribution is 2.07. The number of anilines is 1. The zero-order valence-electron chi connectivity index (χ0n) is 8.23. The van der Waals surface area contributed by atoms with Gasteiger partial charge in [-0.15, -0.1) is 0 Å². The van der Waals surface area contributed by atoms with E-state index >= 15 is 0 Å². The minimum absolute atomic E-state index is 0.375. The smallest absolute Gasteiger partial charge is 0.292 e. The highest BCUT2D eigenvalue weighted by molar-refractivity contribution is 5.43. The van der Waals surface area contributed by atoms with Gasteiger partial charge in [0, 0.05) is 19.8 Å². The second-order valence-electron chi connectivity index (χ2n) is 2.56. The third kappa shape index (κ3) is 5.73. The fourth-order valence-electron chi connectivity index (χ4n) is 0.726. The Balaban J connectivity index is 0.000000310. The standard InChI is InChI=1S/C8H11N.C2H4O2/c1-9(2)8-6-4-3-5-7-8;1-4-2-3/h3-7H,1-2H3;2H,1H3. The molecular formula is C10H15NO2. The number of hydrogen-bond donors (Lipinski definition) is 0. The van der Waals surface area contributed by atoms with Crippen molar-refractivity contribution in [1.82, 2.24) is 0 Å². The zero-order chi connectivity index (χ0) is 10.1. The third-order valence-corrected chi connectivity index (χ3v) is 1.37. The average molecular weight is 181 g/mol. The molecule has 0 N–H and O–H groups in total. The number of rotatable bonds is 2. The zero-order valence-corrected chi connectivity index (χ0v) is 8.23. The fourth-order valence-corrected chi connectivity index (χ4v) is 0.726. The molecule has 0 unspecified atom stereocenters. The van der Waals surface area contributed by atoms with Gasteiger partial charge in [-0.25, -0.2) is 0 Å². The van der Waals surface area contributed by atoms with E-state index in [0.717, 1.165) is 0 Å². The maximum Gasteiger partial charge on any atom is 0.292 e. The predicted molar refractivity (Wildman–Crippen MR) is 53.8 cm³/mol. The van der Waals surface area contributed by atoms with Crippen molar-refractivity contribution in [2.75, 3.05) is 26.1 Å². The van der Waals surface area contributed by atoms with Crippen molar-refractivity contribution in [2.45, 2.75) is 0 Å². The summed E-state index contributed by atoms with van der Waals surface area (Å²) in [6.45, 7) is 0.375. The molecule has 0 amide bonds. The van der Waals surface area contributed by atoms with Crippen LogP contribution in [0.4, 0.5) is 5.69 Å². The predicted octanol–water partition coefficient (Wildman–Crippen LogP) is 1.54. The van der Waals surface area contributed by atoms with Crippen molar-refractivity contribution in [3.8, 4) is 0 Å². The maximum atomic E-state index is 8.95. The SMILES string of the molecule is CN(C)c1ccccc1.COC=O. The molecule has 0 saturated heterocycles. The number of carbonyl (C=O) groups excluding carboxylic acids is 1. The summed E-state index contributed by atoms with van der Waals surface area (Å²) >= 11 is 0. The molecule has 1 rings (SSSR count). The van der Waals surface area contributed by atoms with Gasteiger partial charge in [0.15, 0.2) is 0 Å². The van der Waals surface area contributed by atoms with Crippen LogP contribution in [0.5, 0.6) is 0 Å². The molecule has 1 aromatic carbocycles. The van der Waals surface area contributed by atoms with E-state index in [2.05, 4.69) is 21.8 Å². The first kappa shape index (κ1) is 11.5. The molecule has 0 aromatic heterocycles. The van der Waals surface area contributed by atoms with Gasteiger partial charge in [0.05, 0.1) is 7.11 Å². The molecule has 0 heterocycles. The van der Waals surface area contributed by atoms with Crippen LogP contribution < -0.4 is 4.90 Å². The maximum absolute atomic E-state index is 8.95. The van der Waals surface area contributed by atoms with Gasteiger partial charge < -0.3 is 9.64 Å². The Labute approximate surface area is 78.9 Å². The molecule has 0 bridgehead atoms. The van der Waals surface area contributed by atoms with Gasteiger partial charge in [-0.05, 0) is 12.1 Å². The van der Waals surface area contributed by atoms with Gasteiger partial charge in [-0.1, -0.05) is 18.2 Å². The monoisotopic (exact) mass is 181 g/mol. The van der Waals surface area contributed by atoms with Crippen molar-refractivity contribution >= 4 is 12.2 Å². The van der Waals surface area contributed by atoms with Crippen LogP contribution in [0.2, 0.25) is 0 Å². The summed E-state index contributed by atoms with van der Waals surface area (Å²) in [4.78, 5) is 11.0. The lowest BCUT2D eigenvalue weighted by Gasteiger charge is -2.10. The van der Waals surface area contributed by atoms with E-state index in [-0.39, 0.29) is 0 Å². The minimum Gasteiger partial charge on any atom is -0.471 e. The first-order valence-corrected chi connectivity index (χ1v) is 3.91. The number of ether oxygens (including phenoxy) is 1. The molecule has 13 heavy (non-hydrogen) atoms. The highest BCUT2D eigenvalue weighted by Gasteiger charge is 1.87. The van der Waals surface area contributed by atoms with Gasteiger partial charge >= 0.3 is 0 Å². The molecule has 0 fully saturated rings. The molecule has 0 radical (unpaired) electrons. The number of nitrogens with zero attached hydrogens (tertiary/aromatic N) is 1. The molecule has 0 aliphatic carbocycles. The van der Waals surface area contributed by atoms with E-state index in [9.17, 15) is 0 Å². The van der Waals surface area contributed by atoms with Crippen LogP contribution in [0.1, 0.15) is 0 Å². The lowest BCUT2D eigenvalue weighted by Crippen LogP contribution is -2.07.